The van der Waals surface area contributed by atoms with Gasteiger partial charge in [0.1, 0.15) is 11.5 Å². The average molecular weight is 429 g/mol. The summed E-state index contributed by atoms with van der Waals surface area (Å²) in [5.41, 5.74) is 2.83. The first-order valence-electron chi connectivity index (χ1n) is 9.96. The number of anilines is 1. The molecule has 5 nitrogen and oxygen atoms in total. The summed E-state index contributed by atoms with van der Waals surface area (Å²) in [7, 11) is 0. The van der Waals surface area contributed by atoms with Gasteiger partial charge in [0.05, 0.1) is 17.9 Å². The Morgan fingerprint density at radius 2 is 1.73 bits per heavy atom. The normalized spacial score (nSPS) is 12.3. The van der Waals surface area contributed by atoms with Gasteiger partial charge in [0.2, 0.25) is 0 Å². The Bertz CT molecular complexity index is 1050. The molecule has 2 heterocycles. The second kappa shape index (κ2) is 7.95. The maximum atomic E-state index is 13.3. The van der Waals surface area contributed by atoms with Gasteiger partial charge in [0.15, 0.2) is 5.13 Å². The molecule has 1 amide bonds. The van der Waals surface area contributed by atoms with Crippen molar-refractivity contribution < 1.29 is 9.18 Å². The molecule has 0 saturated heterocycles. The van der Waals surface area contributed by atoms with E-state index in [0.717, 1.165) is 21.8 Å². The summed E-state index contributed by atoms with van der Waals surface area (Å²) in [6.07, 6.45) is 0. The van der Waals surface area contributed by atoms with Crippen LogP contribution in [0.1, 0.15) is 73.9 Å². The highest BCUT2D eigenvalue weighted by atomic mass is 32.1. The van der Waals surface area contributed by atoms with Crippen molar-refractivity contribution in [2.45, 2.75) is 65.8 Å². The minimum absolute atomic E-state index is 0.0332. The zero-order chi connectivity index (χ0) is 22.3. The lowest BCUT2D eigenvalue weighted by Crippen LogP contribution is -2.18. The summed E-state index contributed by atoms with van der Waals surface area (Å²) in [6, 6.07) is 8.06. The first kappa shape index (κ1) is 22.2. The third-order valence-corrected chi connectivity index (χ3v) is 6.22. The monoisotopic (exact) mass is 428 g/mol. The highest BCUT2D eigenvalue weighted by Gasteiger charge is 2.25. The van der Waals surface area contributed by atoms with Gasteiger partial charge in [0, 0.05) is 10.3 Å². The Hall–Kier alpha value is -2.54. The van der Waals surface area contributed by atoms with Crippen molar-refractivity contribution in [3.8, 4) is 0 Å². The lowest BCUT2D eigenvalue weighted by molar-refractivity contribution is 0.101. The van der Waals surface area contributed by atoms with Gasteiger partial charge < -0.3 is 0 Å². The number of carbonyl (C=O) groups is 1. The molecule has 7 heteroatoms. The fraction of sp³-hybridized carbons (Fsp3) is 0.435. The Labute approximate surface area is 181 Å². The lowest BCUT2D eigenvalue weighted by atomic mass is 9.92. The first-order chi connectivity index (χ1) is 13.8. The van der Waals surface area contributed by atoms with Gasteiger partial charge in [-0.05, 0) is 36.1 Å². The number of thiazole rings is 1. The second-order valence-corrected chi connectivity index (χ2v) is 10.6. The van der Waals surface area contributed by atoms with Gasteiger partial charge in [-0.1, -0.05) is 53.7 Å². The van der Waals surface area contributed by atoms with E-state index in [9.17, 15) is 9.18 Å². The predicted octanol–water partition coefficient (Wildman–Crippen LogP) is 5.68. The number of benzene rings is 1. The molecule has 160 valence electrons. The van der Waals surface area contributed by atoms with E-state index in [0.29, 0.717) is 17.4 Å². The minimum Gasteiger partial charge on any atom is -0.296 e. The standard InChI is InChI=1S/C23H29FN4OS/c1-14-19(23(5,6)7)30-21(25-14)26-20(29)17-12-18(22(2,3)4)27-28(17)13-15-8-10-16(24)11-9-15/h8-12H,13H2,1-7H3,(H,25,26,29). The van der Waals surface area contributed by atoms with Gasteiger partial charge in [-0.25, -0.2) is 9.37 Å². The number of hydrogen-bond donors (Lipinski definition) is 1. The maximum absolute atomic E-state index is 13.3. The van der Waals surface area contributed by atoms with Crippen LogP contribution in [0.5, 0.6) is 0 Å². The molecule has 0 unspecified atom stereocenters. The van der Waals surface area contributed by atoms with Gasteiger partial charge in [-0.2, -0.15) is 5.10 Å². The van der Waals surface area contributed by atoms with Crippen LogP contribution in [0.25, 0.3) is 0 Å². The van der Waals surface area contributed by atoms with Crippen LogP contribution in [-0.4, -0.2) is 20.7 Å². The number of amides is 1. The molecule has 0 aliphatic heterocycles. The molecule has 0 saturated carbocycles. The number of hydrogen-bond acceptors (Lipinski definition) is 4. The van der Waals surface area contributed by atoms with E-state index < -0.39 is 0 Å². The molecule has 0 bridgehead atoms. The van der Waals surface area contributed by atoms with Crippen molar-refractivity contribution in [1.82, 2.24) is 14.8 Å². The van der Waals surface area contributed by atoms with Gasteiger partial charge in [-0.3, -0.25) is 14.8 Å². The zero-order valence-corrected chi connectivity index (χ0v) is 19.4. The number of aryl methyl sites for hydroxylation is 1. The quantitative estimate of drug-likeness (QED) is 0.581. The third-order valence-electron chi connectivity index (χ3n) is 4.72. The van der Waals surface area contributed by atoms with Gasteiger partial charge >= 0.3 is 0 Å². The first-order valence-corrected chi connectivity index (χ1v) is 10.8. The van der Waals surface area contributed by atoms with E-state index in [4.69, 9.17) is 0 Å². The molecular weight excluding hydrogens is 399 g/mol. The Kier molecular flexibility index (Phi) is 5.87. The molecule has 30 heavy (non-hydrogen) atoms. The van der Waals surface area contributed by atoms with Crippen LogP contribution in [0.4, 0.5) is 9.52 Å². The third kappa shape index (κ3) is 4.95. The number of halogens is 1. The summed E-state index contributed by atoms with van der Waals surface area (Å²) in [4.78, 5) is 18.8. The summed E-state index contributed by atoms with van der Waals surface area (Å²) < 4.78 is 14.9. The van der Waals surface area contributed by atoms with Crippen LogP contribution in [0, 0.1) is 12.7 Å². The molecule has 2 aromatic heterocycles. The minimum atomic E-state index is -0.290. The largest absolute Gasteiger partial charge is 0.296 e. The van der Waals surface area contributed by atoms with Crippen LogP contribution in [0.2, 0.25) is 0 Å². The molecule has 3 aromatic rings. The van der Waals surface area contributed by atoms with Crippen LogP contribution in [0.3, 0.4) is 0 Å². The van der Waals surface area contributed by atoms with Crippen molar-refractivity contribution in [3.63, 3.8) is 0 Å². The number of carbonyl (C=O) groups excluding carboxylic acids is 1. The molecule has 3 rings (SSSR count). The fourth-order valence-electron chi connectivity index (χ4n) is 3.16. The topological polar surface area (TPSA) is 59.8 Å². The molecule has 0 aliphatic carbocycles. The van der Waals surface area contributed by atoms with E-state index in [1.807, 2.05) is 13.0 Å². The molecule has 0 spiro atoms. The summed E-state index contributed by atoms with van der Waals surface area (Å²) in [6.45, 7) is 14.9. The molecule has 1 N–H and O–H groups in total. The summed E-state index contributed by atoms with van der Waals surface area (Å²) in [5, 5.41) is 8.19. The SMILES string of the molecule is Cc1nc(NC(=O)c2cc(C(C)(C)C)nn2Cc2ccc(F)cc2)sc1C(C)(C)C. The fourth-order valence-corrected chi connectivity index (χ4v) is 4.18. The van der Waals surface area contributed by atoms with Crippen molar-refractivity contribution in [2.24, 2.45) is 0 Å². The second-order valence-electron chi connectivity index (χ2n) is 9.59. The molecular formula is C23H29FN4OS. The van der Waals surface area contributed by atoms with Crippen LogP contribution >= 0.6 is 11.3 Å². The smallest absolute Gasteiger partial charge is 0.275 e. The van der Waals surface area contributed by atoms with Gasteiger partial charge in [-0.15, -0.1) is 11.3 Å². The number of nitrogens with zero attached hydrogens (tertiary/aromatic N) is 3. The molecule has 0 fully saturated rings. The molecule has 1 aromatic carbocycles. The van der Waals surface area contributed by atoms with E-state index in [1.165, 1.54) is 23.5 Å². The summed E-state index contributed by atoms with van der Waals surface area (Å²) in [5.74, 6) is -0.546. The summed E-state index contributed by atoms with van der Waals surface area (Å²) >= 11 is 1.50. The van der Waals surface area contributed by atoms with E-state index in [1.54, 1.807) is 16.8 Å². The number of nitrogens with one attached hydrogen (secondary N) is 1. The van der Waals surface area contributed by atoms with Crippen LogP contribution in [-0.2, 0) is 17.4 Å². The molecule has 0 atom stereocenters. The zero-order valence-electron chi connectivity index (χ0n) is 18.6. The van der Waals surface area contributed by atoms with Crippen LogP contribution < -0.4 is 5.32 Å². The predicted molar refractivity (Wildman–Crippen MR) is 120 cm³/mol. The Morgan fingerprint density at radius 3 is 2.27 bits per heavy atom. The van der Waals surface area contributed by atoms with E-state index in [-0.39, 0.29) is 22.6 Å². The van der Waals surface area contributed by atoms with E-state index in [2.05, 4.69) is 56.9 Å². The lowest BCUT2D eigenvalue weighted by Gasteiger charge is -2.16. The van der Waals surface area contributed by atoms with Crippen molar-refractivity contribution in [1.29, 1.82) is 0 Å². The van der Waals surface area contributed by atoms with Gasteiger partial charge in [0.25, 0.3) is 5.91 Å². The average Bonchev–Trinajstić information content (AvgIpc) is 3.20. The maximum Gasteiger partial charge on any atom is 0.275 e. The highest BCUT2D eigenvalue weighted by Crippen LogP contribution is 2.33. The Morgan fingerprint density at radius 1 is 1.10 bits per heavy atom. The van der Waals surface area contributed by atoms with Crippen LogP contribution in [0.15, 0.2) is 30.3 Å². The number of aromatic nitrogens is 3. The van der Waals surface area contributed by atoms with Crippen molar-refractivity contribution in [2.75, 3.05) is 5.32 Å². The van der Waals surface area contributed by atoms with Crippen molar-refractivity contribution in [3.05, 3.63) is 63.7 Å². The molecule has 0 radical (unpaired) electrons. The number of rotatable bonds is 4. The Balaban J connectivity index is 1.92. The molecule has 0 aliphatic rings. The van der Waals surface area contributed by atoms with E-state index >= 15 is 0 Å². The van der Waals surface area contributed by atoms with Crippen molar-refractivity contribution >= 4 is 22.4 Å². The highest BCUT2D eigenvalue weighted by molar-refractivity contribution is 7.16.